The van der Waals surface area contributed by atoms with Crippen molar-refractivity contribution in [2.24, 2.45) is 5.92 Å². The second-order valence-corrected chi connectivity index (χ2v) is 6.10. The molecule has 1 aromatic carbocycles. The average Bonchev–Trinajstić information content (AvgIpc) is 3.11. The smallest absolute Gasteiger partial charge is 0.307 e. The van der Waals surface area contributed by atoms with Crippen LogP contribution in [0.25, 0.3) is 11.3 Å². The molecule has 0 radical (unpaired) electrons. The summed E-state index contributed by atoms with van der Waals surface area (Å²) in [5, 5.41) is 9.16. The molecule has 2 heterocycles. The van der Waals surface area contributed by atoms with Gasteiger partial charge in [0.25, 0.3) is 0 Å². The van der Waals surface area contributed by atoms with Crippen LogP contribution in [0.1, 0.15) is 29.8 Å². The van der Waals surface area contributed by atoms with Gasteiger partial charge in [-0.2, -0.15) is 0 Å². The number of benzene rings is 1. The van der Waals surface area contributed by atoms with Gasteiger partial charge in [0.15, 0.2) is 0 Å². The fourth-order valence-corrected chi connectivity index (χ4v) is 3.51. The number of hydrogen-bond acceptors (Lipinski definition) is 2. The number of rotatable bonds is 2. The van der Waals surface area contributed by atoms with E-state index >= 15 is 0 Å². The van der Waals surface area contributed by atoms with Crippen LogP contribution in [0, 0.1) is 5.92 Å². The molecular formula is C17H18N2O2. The van der Waals surface area contributed by atoms with E-state index in [-0.39, 0.29) is 5.92 Å². The van der Waals surface area contributed by atoms with Gasteiger partial charge < -0.3 is 9.67 Å². The van der Waals surface area contributed by atoms with E-state index in [0.717, 1.165) is 30.0 Å². The Labute approximate surface area is 123 Å². The third kappa shape index (κ3) is 2.15. The first-order valence-corrected chi connectivity index (χ1v) is 7.62. The third-order valence-corrected chi connectivity index (χ3v) is 4.75. The Morgan fingerprint density at radius 3 is 3.00 bits per heavy atom. The van der Waals surface area contributed by atoms with Crippen molar-refractivity contribution in [2.45, 2.75) is 38.6 Å². The van der Waals surface area contributed by atoms with Crippen molar-refractivity contribution < 1.29 is 9.90 Å². The molecule has 1 aliphatic heterocycles. The van der Waals surface area contributed by atoms with Crippen molar-refractivity contribution in [1.82, 2.24) is 9.55 Å². The zero-order chi connectivity index (χ0) is 14.4. The summed E-state index contributed by atoms with van der Waals surface area (Å²) in [5.74, 6) is -0.0831. The van der Waals surface area contributed by atoms with E-state index in [1.54, 1.807) is 0 Å². The predicted octanol–water partition coefficient (Wildman–Crippen LogP) is 2.69. The predicted molar refractivity (Wildman–Crippen MR) is 79.1 cm³/mol. The summed E-state index contributed by atoms with van der Waals surface area (Å²) in [6.07, 6.45) is 6.92. The van der Waals surface area contributed by atoms with Gasteiger partial charge in [0.1, 0.15) is 5.82 Å². The van der Waals surface area contributed by atoms with Gasteiger partial charge in [0.2, 0.25) is 0 Å². The van der Waals surface area contributed by atoms with Crippen molar-refractivity contribution in [3.8, 4) is 11.3 Å². The number of fused-ring (bicyclic) bond motifs is 2. The van der Waals surface area contributed by atoms with E-state index in [0.29, 0.717) is 12.8 Å². The molecule has 1 N–H and O–H groups in total. The summed E-state index contributed by atoms with van der Waals surface area (Å²) < 4.78 is 2.11. The molecule has 0 fully saturated rings. The lowest BCUT2D eigenvalue weighted by molar-refractivity contribution is -0.142. The maximum atomic E-state index is 11.1. The largest absolute Gasteiger partial charge is 0.481 e. The lowest BCUT2D eigenvalue weighted by atomic mass is 9.98. The molecule has 4 rings (SSSR count). The second kappa shape index (κ2) is 4.72. The summed E-state index contributed by atoms with van der Waals surface area (Å²) in [6.45, 7) is 0.754. The van der Waals surface area contributed by atoms with Crippen LogP contribution in [0.5, 0.6) is 0 Å². The number of aliphatic carboxylic acids is 1. The van der Waals surface area contributed by atoms with E-state index in [1.807, 2.05) is 0 Å². The maximum Gasteiger partial charge on any atom is 0.307 e. The molecule has 4 nitrogen and oxygen atoms in total. The zero-order valence-corrected chi connectivity index (χ0v) is 11.9. The first-order valence-electron chi connectivity index (χ1n) is 7.62. The normalized spacial score (nSPS) is 20.1. The van der Waals surface area contributed by atoms with E-state index in [4.69, 9.17) is 5.11 Å². The van der Waals surface area contributed by atoms with Gasteiger partial charge in [-0.05, 0) is 42.9 Å². The van der Waals surface area contributed by atoms with Crippen molar-refractivity contribution in [3.05, 3.63) is 41.3 Å². The molecule has 21 heavy (non-hydrogen) atoms. The molecule has 1 unspecified atom stereocenters. The van der Waals surface area contributed by atoms with E-state index in [2.05, 4.69) is 33.9 Å². The van der Waals surface area contributed by atoms with Crippen molar-refractivity contribution >= 4 is 5.97 Å². The van der Waals surface area contributed by atoms with Crippen LogP contribution in [0.4, 0.5) is 0 Å². The molecule has 0 saturated heterocycles. The van der Waals surface area contributed by atoms with E-state index < -0.39 is 5.97 Å². The summed E-state index contributed by atoms with van der Waals surface area (Å²) in [4.78, 5) is 15.8. The van der Waals surface area contributed by atoms with Crippen molar-refractivity contribution in [3.63, 3.8) is 0 Å². The van der Waals surface area contributed by atoms with Crippen LogP contribution in [0.15, 0.2) is 24.4 Å². The fraction of sp³-hybridized carbons (Fsp3) is 0.412. The maximum absolute atomic E-state index is 11.1. The molecule has 0 saturated carbocycles. The fourth-order valence-electron chi connectivity index (χ4n) is 3.51. The Kier molecular flexibility index (Phi) is 2.84. The SMILES string of the molecule is O=C(O)C1CCn2cc(-c3ccc4c(c3)CCC4)nc2C1. The number of carboxylic acid groups (broad SMARTS) is 1. The quantitative estimate of drug-likeness (QED) is 0.921. The molecule has 2 aliphatic rings. The number of imidazole rings is 1. The lowest BCUT2D eigenvalue weighted by Crippen LogP contribution is -2.25. The standard InChI is InChI=1S/C17H18N2O2/c20-17(21)14-6-7-19-10-15(18-16(19)9-14)13-5-4-11-2-1-3-12(11)8-13/h4-5,8,10,14H,1-3,6-7,9H2,(H,20,21). The van der Waals surface area contributed by atoms with Crippen LogP contribution in [0.2, 0.25) is 0 Å². The zero-order valence-electron chi connectivity index (χ0n) is 11.9. The molecule has 0 spiro atoms. The summed E-state index contributed by atoms with van der Waals surface area (Å²) in [7, 11) is 0. The summed E-state index contributed by atoms with van der Waals surface area (Å²) in [5.41, 5.74) is 5.05. The number of hydrogen-bond donors (Lipinski definition) is 1. The Balaban J connectivity index is 1.67. The minimum Gasteiger partial charge on any atom is -0.481 e. The molecular weight excluding hydrogens is 264 g/mol. The number of carboxylic acids is 1. The van der Waals surface area contributed by atoms with Gasteiger partial charge in [0, 0.05) is 24.7 Å². The van der Waals surface area contributed by atoms with Crippen molar-refractivity contribution in [2.75, 3.05) is 0 Å². The van der Waals surface area contributed by atoms with E-state index in [9.17, 15) is 4.79 Å². The third-order valence-electron chi connectivity index (χ3n) is 4.75. The minimum absolute atomic E-state index is 0.284. The first-order chi connectivity index (χ1) is 10.2. The van der Waals surface area contributed by atoms with Crippen LogP contribution < -0.4 is 0 Å². The van der Waals surface area contributed by atoms with Crippen LogP contribution in [-0.4, -0.2) is 20.6 Å². The molecule has 1 aliphatic carbocycles. The molecule has 0 amide bonds. The number of aryl methyl sites for hydroxylation is 3. The minimum atomic E-state index is -0.705. The first kappa shape index (κ1) is 12.6. The van der Waals surface area contributed by atoms with Gasteiger partial charge in [0.05, 0.1) is 11.6 Å². The summed E-state index contributed by atoms with van der Waals surface area (Å²) in [6, 6.07) is 6.62. The second-order valence-electron chi connectivity index (χ2n) is 6.10. The molecule has 4 heteroatoms. The molecule has 1 atom stereocenters. The Bertz CT molecular complexity index is 718. The highest BCUT2D eigenvalue weighted by Gasteiger charge is 2.26. The Hall–Kier alpha value is -2.10. The van der Waals surface area contributed by atoms with Gasteiger partial charge in [-0.15, -0.1) is 0 Å². The highest BCUT2D eigenvalue weighted by Crippen LogP contribution is 2.29. The molecule has 1 aromatic heterocycles. The van der Waals surface area contributed by atoms with Gasteiger partial charge in [-0.3, -0.25) is 4.79 Å². The van der Waals surface area contributed by atoms with Crippen LogP contribution >= 0.6 is 0 Å². The van der Waals surface area contributed by atoms with Crippen molar-refractivity contribution in [1.29, 1.82) is 0 Å². The number of aromatic nitrogens is 2. The lowest BCUT2D eigenvalue weighted by Gasteiger charge is -2.19. The summed E-state index contributed by atoms with van der Waals surface area (Å²) >= 11 is 0. The van der Waals surface area contributed by atoms with Crippen LogP contribution in [-0.2, 0) is 30.6 Å². The molecule has 2 aromatic rings. The topological polar surface area (TPSA) is 55.1 Å². The average molecular weight is 282 g/mol. The number of nitrogens with zero attached hydrogens (tertiary/aromatic N) is 2. The highest BCUT2D eigenvalue weighted by molar-refractivity contribution is 5.70. The Morgan fingerprint density at radius 1 is 1.29 bits per heavy atom. The molecule has 0 bridgehead atoms. The van der Waals surface area contributed by atoms with Gasteiger partial charge >= 0.3 is 5.97 Å². The Morgan fingerprint density at radius 2 is 2.14 bits per heavy atom. The number of carbonyl (C=O) groups is 1. The van der Waals surface area contributed by atoms with E-state index in [1.165, 1.54) is 24.0 Å². The molecule has 108 valence electrons. The van der Waals surface area contributed by atoms with Gasteiger partial charge in [-0.25, -0.2) is 4.98 Å². The van der Waals surface area contributed by atoms with Gasteiger partial charge in [-0.1, -0.05) is 12.1 Å². The van der Waals surface area contributed by atoms with Crippen LogP contribution in [0.3, 0.4) is 0 Å². The highest BCUT2D eigenvalue weighted by atomic mass is 16.4. The monoisotopic (exact) mass is 282 g/mol.